The number of benzene rings is 1. The molecule has 0 radical (unpaired) electrons. The topological polar surface area (TPSA) is 179 Å². The van der Waals surface area contributed by atoms with Gasteiger partial charge >= 0.3 is 12.1 Å². The van der Waals surface area contributed by atoms with Gasteiger partial charge in [0, 0.05) is 29.1 Å². The van der Waals surface area contributed by atoms with E-state index in [9.17, 15) is 14.0 Å². The Bertz CT molecular complexity index is 1030. The van der Waals surface area contributed by atoms with Gasteiger partial charge in [-0.3, -0.25) is 0 Å². The minimum atomic E-state index is -1.11. The molecule has 0 aliphatic carbocycles. The maximum atomic E-state index is 14.8. The predicted octanol–water partition coefficient (Wildman–Crippen LogP) is 0.470. The number of carbonyl (C=O) groups excluding carboxylic acids is 1. The summed E-state index contributed by atoms with van der Waals surface area (Å²) in [6, 6.07) is 4.61. The third-order valence-electron chi connectivity index (χ3n) is 4.01. The summed E-state index contributed by atoms with van der Waals surface area (Å²) in [6.45, 7) is -0.0746. The van der Waals surface area contributed by atoms with E-state index in [2.05, 4.69) is 25.0 Å². The van der Waals surface area contributed by atoms with Gasteiger partial charge in [0.05, 0.1) is 18.8 Å². The molecule has 1 saturated heterocycles. The van der Waals surface area contributed by atoms with E-state index in [-0.39, 0.29) is 17.7 Å². The van der Waals surface area contributed by atoms with Gasteiger partial charge in [0.15, 0.2) is 5.96 Å². The van der Waals surface area contributed by atoms with Gasteiger partial charge in [-0.25, -0.2) is 23.9 Å². The van der Waals surface area contributed by atoms with Gasteiger partial charge in [-0.15, -0.1) is 4.99 Å². The van der Waals surface area contributed by atoms with Crippen LogP contribution in [-0.2, 0) is 21.0 Å². The standard InChI is InChI=1S/C18H18FN7O5/c19-15-10(8-30-18(29)24-16(20)21)2-1-3-13(15)11-4-22-17(23-5-11)26-6-12(7-26)25-31-9-14(27)28/h1-5H,6-9H2,(H,27,28)(H4,20,21,24,29). The number of carboxylic acids is 1. The fourth-order valence-electron chi connectivity index (χ4n) is 2.59. The van der Waals surface area contributed by atoms with Crippen molar-refractivity contribution in [2.24, 2.45) is 21.6 Å². The molecule has 1 amide bonds. The normalized spacial score (nSPS) is 12.5. The van der Waals surface area contributed by atoms with Crippen LogP contribution in [-0.4, -0.2) is 58.5 Å². The largest absolute Gasteiger partial charge is 0.479 e. The van der Waals surface area contributed by atoms with E-state index in [0.29, 0.717) is 30.3 Å². The number of carboxylic acid groups (broad SMARTS) is 1. The maximum absolute atomic E-state index is 14.8. The molecule has 1 aliphatic heterocycles. The lowest BCUT2D eigenvalue weighted by molar-refractivity contribution is -0.142. The summed E-state index contributed by atoms with van der Waals surface area (Å²) in [5.74, 6) is -1.75. The highest BCUT2D eigenvalue weighted by Crippen LogP contribution is 2.26. The van der Waals surface area contributed by atoms with E-state index in [1.165, 1.54) is 18.5 Å². The van der Waals surface area contributed by atoms with Crippen molar-refractivity contribution >= 4 is 29.7 Å². The summed E-state index contributed by atoms with van der Waals surface area (Å²) in [6.07, 6.45) is 1.90. The smallest absolute Gasteiger partial charge is 0.437 e. The van der Waals surface area contributed by atoms with Crippen molar-refractivity contribution in [1.82, 2.24) is 9.97 Å². The second-order valence-corrected chi connectivity index (χ2v) is 6.32. The van der Waals surface area contributed by atoms with Crippen LogP contribution in [0.1, 0.15) is 5.56 Å². The lowest BCUT2D eigenvalue weighted by Gasteiger charge is -2.31. The summed E-state index contributed by atoms with van der Waals surface area (Å²) in [7, 11) is 0. The van der Waals surface area contributed by atoms with Gasteiger partial charge in [0.2, 0.25) is 12.6 Å². The molecule has 5 N–H and O–H groups in total. The summed E-state index contributed by atoms with van der Waals surface area (Å²) < 4.78 is 19.6. The molecule has 0 spiro atoms. The predicted molar refractivity (Wildman–Crippen MR) is 107 cm³/mol. The second kappa shape index (κ2) is 9.47. The summed E-state index contributed by atoms with van der Waals surface area (Å²) >= 11 is 0. The number of carbonyl (C=O) groups is 2. The Labute approximate surface area is 175 Å². The number of ether oxygens (including phenoxy) is 1. The number of aromatic nitrogens is 2. The Morgan fingerprint density at radius 3 is 2.58 bits per heavy atom. The molecule has 12 nitrogen and oxygen atoms in total. The molecule has 1 fully saturated rings. The van der Waals surface area contributed by atoms with Gasteiger partial charge in [-0.05, 0) is 0 Å². The molecule has 1 aromatic heterocycles. The number of hydrogen-bond acceptors (Lipinski definition) is 8. The quantitative estimate of drug-likeness (QED) is 0.317. The minimum absolute atomic E-state index is 0.130. The van der Waals surface area contributed by atoms with Gasteiger partial charge in [-0.1, -0.05) is 23.4 Å². The molecule has 3 rings (SSSR count). The number of oxime groups is 1. The average molecular weight is 431 g/mol. The van der Waals surface area contributed by atoms with Crippen molar-refractivity contribution < 1.29 is 28.7 Å². The number of guanidine groups is 1. The van der Waals surface area contributed by atoms with Gasteiger partial charge in [-0.2, -0.15) is 0 Å². The third kappa shape index (κ3) is 5.62. The first-order valence-electron chi connectivity index (χ1n) is 8.84. The molecule has 0 unspecified atom stereocenters. The minimum Gasteiger partial charge on any atom is -0.479 e. The number of aliphatic imine (C=N–C) groups is 1. The number of hydrogen-bond donors (Lipinski definition) is 3. The molecule has 1 aliphatic rings. The summed E-state index contributed by atoms with van der Waals surface area (Å²) in [5.41, 5.74) is 11.6. The first-order chi connectivity index (χ1) is 14.8. The van der Waals surface area contributed by atoms with Crippen LogP contribution in [0.5, 0.6) is 0 Å². The van der Waals surface area contributed by atoms with Crippen LogP contribution < -0.4 is 16.4 Å². The Balaban J connectivity index is 1.63. The Morgan fingerprint density at radius 1 is 1.23 bits per heavy atom. The van der Waals surface area contributed by atoms with Crippen LogP contribution in [0.3, 0.4) is 0 Å². The number of nitrogens with zero attached hydrogens (tertiary/aromatic N) is 5. The van der Waals surface area contributed by atoms with E-state index in [0.717, 1.165) is 0 Å². The highest BCUT2D eigenvalue weighted by molar-refractivity contribution is 5.98. The van der Waals surface area contributed by atoms with Crippen molar-refractivity contribution in [3.8, 4) is 11.1 Å². The Hall–Kier alpha value is -4.29. The lowest BCUT2D eigenvalue weighted by atomic mass is 10.1. The average Bonchev–Trinajstić information content (AvgIpc) is 2.68. The zero-order chi connectivity index (χ0) is 22.4. The first kappa shape index (κ1) is 21.4. The summed E-state index contributed by atoms with van der Waals surface area (Å²) in [4.78, 5) is 39.9. The molecule has 0 atom stereocenters. The Morgan fingerprint density at radius 2 is 1.94 bits per heavy atom. The van der Waals surface area contributed by atoms with Gasteiger partial charge in [0.25, 0.3) is 0 Å². The number of amides is 1. The molecule has 13 heteroatoms. The van der Waals surface area contributed by atoms with Gasteiger partial charge < -0.3 is 31.0 Å². The molecule has 2 aromatic rings. The van der Waals surface area contributed by atoms with Crippen molar-refractivity contribution in [2.45, 2.75) is 6.61 Å². The van der Waals surface area contributed by atoms with E-state index in [1.807, 2.05) is 0 Å². The van der Waals surface area contributed by atoms with Crippen LogP contribution in [0.4, 0.5) is 15.1 Å². The highest BCUT2D eigenvalue weighted by atomic mass is 19.1. The molecule has 0 bridgehead atoms. The molecule has 0 saturated carbocycles. The van der Waals surface area contributed by atoms with Crippen molar-refractivity contribution in [3.63, 3.8) is 0 Å². The van der Waals surface area contributed by atoms with E-state index in [1.54, 1.807) is 17.0 Å². The van der Waals surface area contributed by atoms with E-state index < -0.39 is 30.4 Å². The monoisotopic (exact) mass is 431 g/mol. The molecule has 1 aromatic carbocycles. The van der Waals surface area contributed by atoms with Crippen molar-refractivity contribution in [1.29, 1.82) is 0 Å². The Kier molecular flexibility index (Phi) is 6.54. The molecular formula is C18H18FN7O5. The van der Waals surface area contributed by atoms with Crippen LogP contribution in [0.2, 0.25) is 0 Å². The zero-order valence-corrected chi connectivity index (χ0v) is 16.1. The van der Waals surface area contributed by atoms with Crippen molar-refractivity contribution in [2.75, 3.05) is 24.6 Å². The summed E-state index contributed by atoms with van der Waals surface area (Å²) in [5, 5.41) is 12.2. The van der Waals surface area contributed by atoms with Gasteiger partial charge in [0.1, 0.15) is 12.4 Å². The number of nitrogens with two attached hydrogens (primary N) is 2. The molecule has 2 heterocycles. The SMILES string of the molecule is NC(N)=NC(=O)OCc1cccc(-c2cnc(N3CC(=NOCC(=O)O)C3)nc2)c1F. The van der Waals surface area contributed by atoms with Crippen LogP contribution in [0.25, 0.3) is 11.1 Å². The fraction of sp³-hybridized carbons (Fsp3) is 0.222. The lowest BCUT2D eigenvalue weighted by Crippen LogP contribution is -2.48. The second-order valence-electron chi connectivity index (χ2n) is 6.32. The number of rotatable bonds is 7. The molecule has 31 heavy (non-hydrogen) atoms. The van der Waals surface area contributed by atoms with Crippen molar-refractivity contribution in [3.05, 3.63) is 42.0 Å². The number of anilines is 1. The zero-order valence-electron chi connectivity index (χ0n) is 16.1. The van der Waals surface area contributed by atoms with E-state index >= 15 is 0 Å². The van der Waals surface area contributed by atoms with Crippen LogP contribution >= 0.6 is 0 Å². The maximum Gasteiger partial charge on any atom is 0.437 e. The van der Waals surface area contributed by atoms with Crippen LogP contribution in [0.15, 0.2) is 40.7 Å². The highest BCUT2D eigenvalue weighted by Gasteiger charge is 2.25. The molecular weight excluding hydrogens is 413 g/mol. The number of aliphatic carboxylic acids is 1. The number of halogens is 1. The fourth-order valence-corrected chi connectivity index (χ4v) is 2.59. The first-order valence-corrected chi connectivity index (χ1v) is 8.84. The van der Waals surface area contributed by atoms with Crippen LogP contribution in [0, 0.1) is 5.82 Å². The molecule has 162 valence electrons. The van der Waals surface area contributed by atoms with E-state index in [4.69, 9.17) is 21.3 Å². The third-order valence-corrected chi connectivity index (χ3v) is 4.01.